The Balaban J connectivity index is 0.00000232. The molecule has 246 valence electrons. The Kier molecular flexibility index (Phi) is 19.1. The molecule has 0 aliphatic heterocycles. The zero-order valence-electron chi connectivity index (χ0n) is 29.3. The van der Waals surface area contributed by atoms with Gasteiger partial charge in [-0.25, -0.2) is 0 Å². The van der Waals surface area contributed by atoms with Crippen LogP contribution in [0.15, 0.2) is 60.7 Å². The maximum atomic E-state index is 12.8. The van der Waals surface area contributed by atoms with Gasteiger partial charge in [0.25, 0.3) is 0 Å². The van der Waals surface area contributed by atoms with Gasteiger partial charge >= 0.3 is 5.97 Å². The van der Waals surface area contributed by atoms with Gasteiger partial charge in [-0.15, -0.1) is 0 Å². The summed E-state index contributed by atoms with van der Waals surface area (Å²) < 4.78 is 23.4. The highest BCUT2D eigenvalue weighted by molar-refractivity contribution is 5.86. The molecule has 3 rings (SSSR count). The van der Waals surface area contributed by atoms with Gasteiger partial charge in [0, 0.05) is 0 Å². The summed E-state index contributed by atoms with van der Waals surface area (Å²) in [6, 6.07) is 20.0. The van der Waals surface area contributed by atoms with Crippen molar-refractivity contribution in [3.05, 3.63) is 66.2 Å². The minimum atomic E-state index is -0.459. The van der Waals surface area contributed by atoms with E-state index >= 15 is 0 Å². The van der Waals surface area contributed by atoms with Crippen molar-refractivity contribution in [3.63, 3.8) is 0 Å². The summed E-state index contributed by atoms with van der Waals surface area (Å²) in [5.41, 5.74) is 0.938. The molecule has 0 saturated heterocycles. The van der Waals surface area contributed by atoms with Crippen LogP contribution >= 0.6 is 0 Å². The van der Waals surface area contributed by atoms with E-state index in [0.717, 1.165) is 41.5 Å². The van der Waals surface area contributed by atoms with Crippen LogP contribution in [0, 0.1) is 5.41 Å². The molecule has 0 N–H and O–H groups in total. The van der Waals surface area contributed by atoms with Gasteiger partial charge < -0.3 is 18.9 Å². The smallest absolute Gasteiger partial charge is 0.317 e. The molecule has 2 atom stereocenters. The van der Waals surface area contributed by atoms with E-state index < -0.39 is 11.7 Å². The van der Waals surface area contributed by atoms with E-state index in [1.807, 2.05) is 84.9 Å². The maximum Gasteiger partial charge on any atom is 0.317 e. The van der Waals surface area contributed by atoms with Crippen LogP contribution in [0.2, 0.25) is 0 Å². The molecule has 44 heavy (non-hydrogen) atoms. The van der Waals surface area contributed by atoms with Crippen molar-refractivity contribution in [1.82, 2.24) is 0 Å². The zero-order valence-corrected chi connectivity index (χ0v) is 29.3. The Morgan fingerprint density at radius 3 is 1.82 bits per heavy atom. The normalized spacial score (nSPS) is 12.7. The monoisotopic (exact) mass is 608 g/mol. The summed E-state index contributed by atoms with van der Waals surface area (Å²) in [6.45, 7) is 21.4. The molecule has 5 nitrogen and oxygen atoms in total. The predicted molar refractivity (Wildman–Crippen MR) is 186 cm³/mol. The van der Waals surface area contributed by atoms with Crippen LogP contribution in [0.4, 0.5) is 0 Å². The van der Waals surface area contributed by atoms with Crippen LogP contribution in [0.5, 0.6) is 17.2 Å². The number of carbonyl (C=O) groups is 1. The highest BCUT2D eigenvalue weighted by Gasteiger charge is 2.32. The largest absolute Gasteiger partial charge is 0.491 e. The molecule has 0 aliphatic carbocycles. The van der Waals surface area contributed by atoms with Crippen molar-refractivity contribution in [3.8, 4) is 17.2 Å². The second-order valence-electron chi connectivity index (χ2n) is 11.0. The molecule has 0 radical (unpaired) electrons. The highest BCUT2D eigenvalue weighted by atomic mass is 16.7. The van der Waals surface area contributed by atoms with E-state index in [4.69, 9.17) is 18.9 Å². The fraction of sp³-hybridized carbons (Fsp3) is 0.564. The standard InChI is InChI=1S/C35H48O5.2C2H6/c1-7-11-27(12-8-2)28-13-17-31(18-14-28)38-23-22-37-26(5)39-32-19-15-30-25-33(20-16-29(30)24-32)40-34(36)35(6,10-4)21-9-3;2*1-2/h13-20,24-27H,7-12,21-23H2,1-6H3;2*1-2H3. The van der Waals surface area contributed by atoms with E-state index in [2.05, 4.69) is 45.0 Å². The van der Waals surface area contributed by atoms with Gasteiger partial charge in [-0.2, -0.15) is 0 Å². The average Bonchev–Trinajstić information content (AvgIpc) is 3.05. The van der Waals surface area contributed by atoms with Crippen LogP contribution in [0.1, 0.15) is 126 Å². The number of esters is 1. The summed E-state index contributed by atoms with van der Waals surface area (Å²) in [4.78, 5) is 12.8. The molecule has 0 amide bonds. The van der Waals surface area contributed by atoms with Gasteiger partial charge in [-0.1, -0.05) is 98.9 Å². The molecule has 0 heterocycles. The van der Waals surface area contributed by atoms with Gasteiger partial charge in [0.05, 0.1) is 12.0 Å². The summed E-state index contributed by atoms with van der Waals surface area (Å²) in [7, 11) is 0. The van der Waals surface area contributed by atoms with Crippen LogP contribution < -0.4 is 14.2 Å². The van der Waals surface area contributed by atoms with Gasteiger partial charge in [0.15, 0.2) is 6.29 Å². The van der Waals surface area contributed by atoms with E-state index in [0.29, 0.717) is 24.9 Å². The number of hydrogen-bond donors (Lipinski definition) is 0. The summed E-state index contributed by atoms with van der Waals surface area (Å²) in [5.74, 6) is 2.60. The molecule has 0 spiro atoms. The predicted octanol–water partition coefficient (Wildman–Crippen LogP) is 11.5. The minimum absolute atomic E-state index is 0.171. The Morgan fingerprint density at radius 2 is 1.27 bits per heavy atom. The molecule has 3 aromatic rings. The van der Waals surface area contributed by atoms with Gasteiger partial charge in [-0.3, -0.25) is 4.79 Å². The first kappa shape index (κ1) is 39.0. The third-order valence-corrected chi connectivity index (χ3v) is 7.70. The first-order valence-electron chi connectivity index (χ1n) is 17.1. The summed E-state index contributed by atoms with van der Waals surface area (Å²) >= 11 is 0. The lowest BCUT2D eigenvalue weighted by Gasteiger charge is -2.25. The van der Waals surface area contributed by atoms with Crippen molar-refractivity contribution in [2.75, 3.05) is 13.2 Å². The van der Waals surface area contributed by atoms with Crippen molar-refractivity contribution in [2.45, 2.75) is 126 Å². The average molecular weight is 609 g/mol. The Labute approximate surface area is 268 Å². The van der Waals surface area contributed by atoms with Gasteiger partial charge in [0.1, 0.15) is 23.9 Å². The van der Waals surface area contributed by atoms with Gasteiger partial charge in [-0.05, 0) is 98.2 Å². The molecule has 0 bridgehead atoms. The topological polar surface area (TPSA) is 54.0 Å². The fourth-order valence-electron chi connectivity index (χ4n) is 5.15. The summed E-state index contributed by atoms with van der Waals surface area (Å²) in [6.07, 6.45) is 6.96. The lowest BCUT2D eigenvalue weighted by Crippen LogP contribution is -2.31. The fourth-order valence-corrected chi connectivity index (χ4v) is 5.15. The molecule has 5 heteroatoms. The first-order chi connectivity index (χ1) is 21.3. The van der Waals surface area contributed by atoms with Gasteiger partial charge in [0.2, 0.25) is 0 Å². The lowest BCUT2D eigenvalue weighted by molar-refractivity contribution is -0.145. The van der Waals surface area contributed by atoms with Crippen molar-refractivity contribution in [2.24, 2.45) is 5.41 Å². The van der Waals surface area contributed by atoms with E-state index in [-0.39, 0.29) is 5.97 Å². The van der Waals surface area contributed by atoms with Crippen molar-refractivity contribution in [1.29, 1.82) is 0 Å². The van der Waals surface area contributed by atoms with Crippen LogP contribution in [-0.2, 0) is 9.53 Å². The molecule has 0 saturated carbocycles. The van der Waals surface area contributed by atoms with Crippen LogP contribution in [0.3, 0.4) is 0 Å². The molecule has 0 aliphatic rings. The molecule has 2 unspecified atom stereocenters. The number of benzene rings is 3. The second-order valence-corrected chi connectivity index (χ2v) is 11.0. The highest BCUT2D eigenvalue weighted by Crippen LogP contribution is 2.32. The van der Waals surface area contributed by atoms with Crippen molar-refractivity contribution < 1.29 is 23.7 Å². The first-order valence-corrected chi connectivity index (χ1v) is 17.1. The lowest BCUT2D eigenvalue weighted by atomic mass is 9.83. The third-order valence-electron chi connectivity index (χ3n) is 7.70. The molecular formula is C39H60O5. The Hall–Kier alpha value is -3.05. The molecule has 0 aromatic heterocycles. The number of carbonyl (C=O) groups excluding carboxylic acids is 1. The zero-order chi connectivity index (χ0) is 33.0. The SMILES string of the molecule is CC.CC.CCCC(CCC)c1ccc(OCCOC(C)Oc2ccc3cc(OC(=O)C(C)(CC)CCC)ccc3c2)cc1. The van der Waals surface area contributed by atoms with E-state index in [1.54, 1.807) is 0 Å². The number of fused-ring (bicyclic) bond motifs is 1. The third kappa shape index (κ3) is 12.5. The number of ether oxygens (including phenoxy) is 4. The van der Waals surface area contributed by atoms with E-state index in [1.165, 1.54) is 31.2 Å². The Bertz CT molecular complexity index is 1180. The molecule has 3 aromatic carbocycles. The molecular weight excluding hydrogens is 548 g/mol. The quantitative estimate of drug-likeness (QED) is 0.0660. The second kappa shape index (κ2) is 21.6. The van der Waals surface area contributed by atoms with Crippen LogP contribution in [-0.4, -0.2) is 25.5 Å². The van der Waals surface area contributed by atoms with Crippen molar-refractivity contribution >= 4 is 16.7 Å². The van der Waals surface area contributed by atoms with Crippen LogP contribution in [0.25, 0.3) is 10.8 Å². The summed E-state index contributed by atoms with van der Waals surface area (Å²) in [5, 5.41) is 1.98. The molecule has 0 fully saturated rings. The Morgan fingerprint density at radius 1 is 0.727 bits per heavy atom. The van der Waals surface area contributed by atoms with E-state index in [9.17, 15) is 4.79 Å². The number of rotatable bonds is 17. The number of hydrogen-bond acceptors (Lipinski definition) is 5. The minimum Gasteiger partial charge on any atom is -0.491 e. The maximum absolute atomic E-state index is 12.8.